The zero-order chi connectivity index (χ0) is 11.9. The van der Waals surface area contributed by atoms with Crippen LogP contribution in [0, 0.1) is 6.92 Å². The molecular weight excluding hydrogens is 234 g/mol. The molecule has 16 heavy (non-hydrogen) atoms. The van der Waals surface area contributed by atoms with Gasteiger partial charge in [-0.05, 0) is 6.92 Å². The molecule has 2 heterocycles. The van der Waals surface area contributed by atoms with E-state index in [9.17, 15) is 4.79 Å². The Hall–Kier alpha value is -1.82. The van der Waals surface area contributed by atoms with Crippen molar-refractivity contribution >= 4 is 34.5 Å². The summed E-state index contributed by atoms with van der Waals surface area (Å²) in [5, 5.41) is 9.23. The number of rotatable bonds is 2. The molecule has 3 N–H and O–H groups in total. The lowest BCUT2D eigenvalue weighted by Gasteiger charge is -1.98. The lowest BCUT2D eigenvalue weighted by molar-refractivity contribution is 0.0697. The molecule has 0 saturated carbocycles. The second-order valence-electron chi connectivity index (χ2n) is 3.18. The zero-order valence-corrected chi connectivity index (χ0v) is 9.08. The van der Waals surface area contributed by atoms with Gasteiger partial charge in [0.15, 0.2) is 0 Å². The van der Waals surface area contributed by atoms with Gasteiger partial charge in [0.2, 0.25) is 5.71 Å². The maximum absolute atomic E-state index is 11.0. The third-order valence-corrected chi connectivity index (χ3v) is 2.37. The number of carboxylic acid groups (broad SMARTS) is 1. The third-order valence-electron chi connectivity index (χ3n) is 2.14. The van der Waals surface area contributed by atoms with Gasteiger partial charge in [0, 0.05) is 0 Å². The first-order chi connectivity index (χ1) is 7.54. The predicted octanol–water partition coefficient (Wildman–Crippen LogP) is 1.55. The van der Waals surface area contributed by atoms with E-state index >= 15 is 0 Å². The van der Waals surface area contributed by atoms with Crippen molar-refractivity contribution in [3.05, 3.63) is 17.1 Å². The van der Waals surface area contributed by atoms with Crippen LogP contribution in [0.4, 0.5) is 5.82 Å². The summed E-state index contributed by atoms with van der Waals surface area (Å²) < 4.78 is 5.21. The summed E-state index contributed by atoms with van der Waals surface area (Å²) in [6.45, 7) is 1.53. The minimum absolute atomic E-state index is 0.00591. The lowest BCUT2D eigenvalue weighted by Crippen LogP contribution is -2.02. The van der Waals surface area contributed by atoms with E-state index in [-0.39, 0.29) is 34.1 Å². The van der Waals surface area contributed by atoms with Crippen molar-refractivity contribution in [2.24, 2.45) is 0 Å². The van der Waals surface area contributed by atoms with Crippen molar-refractivity contribution in [3.8, 4) is 0 Å². The van der Waals surface area contributed by atoms with Crippen LogP contribution in [0.1, 0.15) is 21.9 Å². The number of hydrogen-bond donors (Lipinski definition) is 2. The Morgan fingerprint density at radius 1 is 1.56 bits per heavy atom. The molecule has 6 nitrogen and oxygen atoms in total. The predicted molar refractivity (Wildman–Crippen MR) is 57.5 cm³/mol. The third kappa shape index (κ3) is 1.47. The molecule has 84 valence electrons. The SMILES string of the molecule is Cc1oc2nc(CCl)nc(N)c2c1C(=O)O. The van der Waals surface area contributed by atoms with Crippen LogP contribution in [0.15, 0.2) is 4.42 Å². The Morgan fingerprint density at radius 3 is 2.81 bits per heavy atom. The average Bonchev–Trinajstić information content (AvgIpc) is 2.54. The van der Waals surface area contributed by atoms with Crippen molar-refractivity contribution in [1.82, 2.24) is 9.97 Å². The molecule has 2 aromatic heterocycles. The van der Waals surface area contributed by atoms with Gasteiger partial charge in [0.1, 0.15) is 23.0 Å². The number of aromatic nitrogens is 2. The average molecular weight is 242 g/mol. The van der Waals surface area contributed by atoms with Crippen molar-refractivity contribution in [3.63, 3.8) is 0 Å². The van der Waals surface area contributed by atoms with Gasteiger partial charge in [0.05, 0.1) is 11.3 Å². The van der Waals surface area contributed by atoms with E-state index in [1.807, 2.05) is 0 Å². The molecule has 2 rings (SSSR count). The molecule has 0 atom stereocenters. The number of carboxylic acids is 1. The second kappa shape index (κ2) is 3.64. The number of aromatic carboxylic acids is 1. The number of carbonyl (C=O) groups is 1. The van der Waals surface area contributed by atoms with E-state index in [4.69, 9.17) is 26.9 Å². The molecule has 0 aliphatic heterocycles. The normalized spacial score (nSPS) is 10.9. The molecule has 2 aromatic rings. The first-order valence-electron chi connectivity index (χ1n) is 4.39. The highest BCUT2D eigenvalue weighted by Crippen LogP contribution is 2.28. The maximum Gasteiger partial charge on any atom is 0.340 e. The number of alkyl halides is 1. The molecule has 7 heteroatoms. The highest BCUT2D eigenvalue weighted by Gasteiger charge is 2.21. The summed E-state index contributed by atoms with van der Waals surface area (Å²) in [5.74, 6) is -0.421. The molecule has 0 fully saturated rings. The van der Waals surface area contributed by atoms with Gasteiger partial charge in [-0.25, -0.2) is 9.78 Å². The van der Waals surface area contributed by atoms with Gasteiger partial charge in [-0.1, -0.05) is 0 Å². The minimum Gasteiger partial charge on any atom is -0.478 e. The molecule has 0 radical (unpaired) electrons. The quantitative estimate of drug-likeness (QED) is 0.774. The van der Waals surface area contributed by atoms with Crippen LogP contribution in [0.5, 0.6) is 0 Å². The Labute approximate surface area is 95.0 Å². The van der Waals surface area contributed by atoms with E-state index in [0.717, 1.165) is 0 Å². The minimum atomic E-state index is -1.12. The Kier molecular flexibility index (Phi) is 2.43. The molecular formula is C9H8ClN3O3. The van der Waals surface area contributed by atoms with Crippen molar-refractivity contribution in [2.75, 3.05) is 5.73 Å². The Balaban J connectivity index is 2.85. The summed E-state index contributed by atoms with van der Waals surface area (Å²) in [7, 11) is 0. The Morgan fingerprint density at radius 2 is 2.25 bits per heavy atom. The molecule has 0 bridgehead atoms. The van der Waals surface area contributed by atoms with E-state index < -0.39 is 5.97 Å². The Bertz CT molecular complexity index is 579. The number of hydrogen-bond acceptors (Lipinski definition) is 5. The maximum atomic E-state index is 11.0. The van der Waals surface area contributed by atoms with Gasteiger partial charge < -0.3 is 15.3 Å². The van der Waals surface area contributed by atoms with Gasteiger partial charge in [0.25, 0.3) is 0 Å². The lowest BCUT2D eigenvalue weighted by atomic mass is 10.2. The highest BCUT2D eigenvalue weighted by atomic mass is 35.5. The van der Waals surface area contributed by atoms with Crippen molar-refractivity contribution < 1.29 is 14.3 Å². The van der Waals surface area contributed by atoms with Crippen LogP contribution >= 0.6 is 11.6 Å². The van der Waals surface area contributed by atoms with Crippen molar-refractivity contribution in [1.29, 1.82) is 0 Å². The molecule has 0 amide bonds. The molecule has 0 aliphatic rings. The smallest absolute Gasteiger partial charge is 0.340 e. The summed E-state index contributed by atoms with van der Waals surface area (Å²) >= 11 is 5.57. The summed E-state index contributed by atoms with van der Waals surface area (Å²) in [4.78, 5) is 18.9. The standard InChI is InChI=1S/C9H8ClN3O3/c1-3-5(9(14)15)6-7(11)12-4(2-10)13-8(6)16-3/h2H2,1H3,(H,14,15)(H2,11,12,13). The first kappa shape index (κ1) is 10.7. The number of halogens is 1. The fourth-order valence-electron chi connectivity index (χ4n) is 1.50. The van der Waals surface area contributed by atoms with Crippen LogP contribution in [-0.4, -0.2) is 21.0 Å². The molecule has 0 saturated heterocycles. The molecule has 0 spiro atoms. The summed E-state index contributed by atoms with van der Waals surface area (Å²) in [6, 6.07) is 0. The van der Waals surface area contributed by atoms with Gasteiger partial charge >= 0.3 is 5.97 Å². The second-order valence-corrected chi connectivity index (χ2v) is 3.44. The fourth-order valence-corrected chi connectivity index (χ4v) is 1.62. The summed E-state index contributed by atoms with van der Waals surface area (Å²) in [6.07, 6.45) is 0. The highest BCUT2D eigenvalue weighted by molar-refractivity contribution is 6.17. The van der Waals surface area contributed by atoms with Gasteiger partial charge in [-0.2, -0.15) is 4.98 Å². The molecule has 0 aromatic carbocycles. The van der Waals surface area contributed by atoms with Gasteiger partial charge in [-0.3, -0.25) is 0 Å². The van der Waals surface area contributed by atoms with E-state index in [1.54, 1.807) is 0 Å². The van der Waals surface area contributed by atoms with E-state index in [2.05, 4.69) is 9.97 Å². The van der Waals surface area contributed by atoms with Crippen LogP contribution in [0.25, 0.3) is 11.1 Å². The topological polar surface area (TPSA) is 102 Å². The fraction of sp³-hybridized carbons (Fsp3) is 0.222. The van der Waals surface area contributed by atoms with E-state index in [1.165, 1.54) is 6.92 Å². The van der Waals surface area contributed by atoms with Crippen LogP contribution in [0.3, 0.4) is 0 Å². The number of anilines is 1. The number of nitrogens with two attached hydrogens (primary N) is 1. The molecule has 0 unspecified atom stereocenters. The zero-order valence-electron chi connectivity index (χ0n) is 8.32. The van der Waals surface area contributed by atoms with Gasteiger partial charge in [-0.15, -0.1) is 11.6 Å². The summed E-state index contributed by atoms with van der Waals surface area (Å²) in [5.41, 5.74) is 5.80. The van der Waals surface area contributed by atoms with Crippen molar-refractivity contribution in [2.45, 2.75) is 12.8 Å². The number of furan rings is 1. The number of nitrogens with zero attached hydrogens (tertiary/aromatic N) is 2. The van der Waals surface area contributed by atoms with Crippen LogP contribution in [-0.2, 0) is 5.88 Å². The largest absolute Gasteiger partial charge is 0.478 e. The van der Waals surface area contributed by atoms with Crippen LogP contribution in [0.2, 0.25) is 0 Å². The van der Waals surface area contributed by atoms with Crippen LogP contribution < -0.4 is 5.73 Å². The number of nitrogen functional groups attached to an aromatic ring is 1. The monoisotopic (exact) mass is 241 g/mol. The number of aryl methyl sites for hydroxylation is 1. The first-order valence-corrected chi connectivity index (χ1v) is 4.92. The van der Waals surface area contributed by atoms with E-state index in [0.29, 0.717) is 5.82 Å². The number of fused-ring (bicyclic) bond motifs is 1. The molecule has 0 aliphatic carbocycles.